The molecule has 140 valence electrons. The van der Waals surface area contributed by atoms with Crippen molar-refractivity contribution in [1.82, 2.24) is 15.0 Å². The molecule has 2 rings (SSSR count). The van der Waals surface area contributed by atoms with Crippen LogP contribution in [0.1, 0.15) is 25.1 Å². The van der Waals surface area contributed by atoms with E-state index >= 15 is 0 Å². The summed E-state index contributed by atoms with van der Waals surface area (Å²) in [6.07, 6.45) is 1.63. The van der Waals surface area contributed by atoms with E-state index in [1.165, 1.54) is 19.1 Å². The van der Waals surface area contributed by atoms with E-state index in [0.29, 0.717) is 23.6 Å². The molecule has 0 unspecified atom stereocenters. The molecule has 26 heavy (non-hydrogen) atoms. The zero-order valence-electron chi connectivity index (χ0n) is 15.0. The summed E-state index contributed by atoms with van der Waals surface area (Å²) in [5.41, 5.74) is 1.40. The molecule has 0 radical (unpaired) electrons. The van der Waals surface area contributed by atoms with Gasteiger partial charge in [0.05, 0.1) is 29.8 Å². The minimum atomic E-state index is -3.82. The number of aromatic nitrogens is 1. The van der Waals surface area contributed by atoms with E-state index in [4.69, 9.17) is 4.74 Å². The van der Waals surface area contributed by atoms with Gasteiger partial charge in [0.1, 0.15) is 5.75 Å². The SMILES string of the molecule is CCOc1ccc(S(=O)(=O)N[C@@H](C)C(=O)NCc2ccccn2)cc1C. The fraction of sp³-hybridized carbons (Fsp3) is 0.333. The molecule has 1 amide bonds. The number of nitrogens with one attached hydrogen (secondary N) is 2. The standard InChI is InChI=1S/C18H23N3O4S/c1-4-25-17-9-8-16(11-13(17)2)26(23,24)21-14(3)18(22)20-12-15-7-5-6-10-19-15/h5-11,14,21H,4,12H2,1-3H3,(H,20,22)/t14-/m0/s1. The van der Waals surface area contributed by atoms with Gasteiger partial charge in [-0.1, -0.05) is 6.07 Å². The first-order chi connectivity index (χ1) is 12.3. The van der Waals surface area contributed by atoms with E-state index in [0.717, 1.165) is 0 Å². The zero-order valence-corrected chi connectivity index (χ0v) is 15.8. The highest BCUT2D eigenvalue weighted by Crippen LogP contribution is 2.21. The summed E-state index contributed by atoms with van der Waals surface area (Å²) in [7, 11) is -3.82. The zero-order chi connectivity index (χ0) is 19.2. The monoisotopic (exact) mass is 377 g/mol. The molecule has 2 aromatic rings. The molecule has 1 aromatic heterocycles. The second-order valence-corrected chi connectivity index (χ2v) is 7.46. The van der Waals surface area contributed by atoms with Crippen LogP contribution in [0.2, 0.25) is 0 Å². The Bertz CT molecular complexity index is 854. The van der Waals surface area contributed by atoms with E-state index in [2.05, 4.69) is 15.0 Å². The molecule has 0 aliphatic heterocycles. The first-order valence-electron chi connectivity index (χ1n) is 8.27. The third kappa shape index (κ3) is 5.27. The molecule has 8 heteroatoms. The Morgan fingerprint density at radius 3 is 2.65 bits per heavy atom. The van der Waals surface area contributed by atoms with Crippen LogP contribution in [0.5, 0.6) is 5.75 Å². The van der Waals surface area contributed by atoms with Crippen LogP contribution in [0.4, 0.5) is 0 Å². The van der Waals surface area contributed by atoms with Gasteiger partial charge in [0.15, 0.2) is 0 Å². The topological polar surface area (TPSA) is 97.4 Å². The number of carbonyl (C=O) groups is 1. The van der Waals surface area contributed by atoms with Gasteiger partial charge >= 0.3 is 0 Å². The largest absolute Gasteiger partial charge is 0.494 e. The molecule has 2 N–H and O–H groups in total. The number of sulfonamides is 1. The molecular formula is C18H23N3O4S. The molecule has 0 spiro atoms. The van der Waals surface area contributed by atoms with Crippen LogP contribution in [-0.2, 0) is 21.4 Å². The summed E-state index contributed by atoms with van der Waals surface area (Å²) in [5.74, 6) is 0.203. The third-order valence-corrected chi connectivity index (χ3v) is 5.19. The van der Waals surface area contributed by atoms with E-state index in [-0.39, 0.29) is 11.4 Å². The number of hydrogen-bond acceptors (Lipinski definition) is 5. The lowest BCUT2D eigenvalue weighted by molar-refractivity contribution is -0.122. The maximum atomic E-state index is 12.5. The lowest BCUT2D eigenvalue weighted by Gasteiger charge is -2.15. The van der Waals surface area contributed by atoms with Crippen LogP contribution in [0, 0.1) is 6.92 Å². The van der Waals surface area contributed by atoms with E-state index in [1.54, 1.807) is 31.3 Å². The molecule has 1 aromatic carbocycles. The first-order valence-corrected chi connectivity index (χ1v) is 9.75. The predicted molar refractivity (Wildman–Crippen MR) is 98.2 cm³/mol. The number of hydrogen-bond donors (Lipinski definition) is 2. The van der Waals surface area contributed by atoms with Crippen molar-refractivity contribution >= 4 is 15.9 Å². The Balaban J connectivity index is 2.01. The Kier molecular flexibility index (Phi) is 6.70. The second kappa shape index (κ2) is 8.77. The number of ether oxygens (including phenoxy) is 1. The predicted octanol–water partition coefficient (Wildman–Crippen LogP) is 1.77. The van der Waals surface area contributed by atoms with Gasteiger partial charge in [0.25, 0.3) is 0 Å². The molecule has 7 nitrogen and oxygen atoms in total. The van der Waals surface area contributed by atoms with Gasteiger partial charge in [-0.3, -0.25) is 9.78 Å². The van der Waals surface area contributed by atoms with E-state index in [1.807, 2.05) is 13.0 Å². The molecule has 0 fully saturated rings. The molecule has 0 aliphatic rings. The van der Waals surface area contributed by atoms with Crippen molar-refractivity contribution < 1.29 is 17.9 Å². The number of amides is 1. The molecular weight excluding hydrogens is 354 g/mol. The fourth-order valence-corrected chi connectivity index (χ4v) is 3.58. The van der Waals surface area contributed by atoms with Crippen molar-refractivity contribution in [2.24, 2.45) is 0 Å². The number of rotatable bonds is 8. The third-order valence-electron chi connectivity index (χ3n) is 3.65. The maximum Gasteiger partial charge on any atom is 0.241 e. The van der Waals surface area contributed by atoms with Crippen molar-refractivity contribution in [1.29, 1.82) is 0 Å². The number of benzene rings is 1. The molecule has 0 bridgehead atoms. The second-order valence-electron chi connectivity index (χ2n) is 5.74. The summed E-state index contributed by atoms with van der Waals surface area (Å²) in [4.78, 5) is 16.3. The van der Waals surface area contributed by atoms with Crippen LogP contribution < -0.4 is 14.8 Å². The minimum absolute atomic E-state index is 0.0860. The smallest absolute Gasteiger partial charge is 0.241 e. The molecule has 1 heterocycles. The quantitative estimate of drug-likeness (QED) is 0.731. The highest BCUT2D eigenvalue weighted by molar-refractivity contribution is 7.89. The lowest BCUT2D eigenvalue weighted by atomic mass is 10.2. The molecule has 0 aliphatic carbocycles. The van der Waals surface area contributed by atoms with E-state index in [9.17, 15) is 13.2 Å². The molecule has 0 saturated heterocycles. The Hall–Kier alpha value is -2.45. The molecule has 1 atom stereocenters. The van der Waals surface area contributed by atoms with Crippen LogP contribution >= 0.6 is 0 Å². The normalized spacial score (nSPS) is 12.4. The number of pyridine rings is 1. The van der Waals surface area contributed by atoms with Gasteiger partial charge in [-0.25, -0.2) is 8.42 Å². The van der Waals surface area contributed by atoms with Crippen molar-refractivity contribution in [3.05, 3.63) is 53.9 Å². The van der Waals surface area contributed by atoms with Crippen molar-refractivity contribution in [2.75, 3.05) is 6.61 Å². The first kappa shape index (κ1) is 19.9. The van der Waals surface area contributed by atoms with Crippen LogP contribution in [0.3, 0.4) is 0 Å². The summed E-state index contributed by atoms with van der Waals surface area (Å²) < 4.78 is 32.8. The van der Waals surface area contributed by atoms with Gasteiger partial charge in [0, 0.05) is 6.20 Å². The minimum Gasteiger partial charge on any atom is -0.494 e. The van der Waals surface area contributed by atoms with E-state index < -0.39 is 22.0 Å². The summed E-state index contributed by atoms with van der Waals surface area (Å²) in [6, 6.07) is 9.04. The van der Waals surface area contributed by atoms with Gasteiger partial charge in [0.2, 0.25) is 15.9 Å². The van der Waals surface area contributed by atoms with Crippen molar-refractivity contribution in [3.63, 3.8) is 0 Å². The van der Waals surface area contributed by atoms with Crippen LogP contribution in [0.25, 0.3) is 0 Å². The number of aryl methyl sites for hydroxylation is 1. The average Bonchev–Trinajstić information content (AvgIpc) is 2.62. The molecule has 0 saturated carbocycles. The Labute approximate surface area is 153 Å². The fourth-order valence-electron chi connectivity index (χ4n) is 2.29. The summed E-state index contributed by atoms with van der Waals surface area (Å²) in [6.45, 7) is 5.85. The summed E-state index contributed by atoms with van der Waals surface area (Å²) >= 11 is 0. The Morgan fingerprint density at radius 1 is 1.27 bits per heavy atom. The van der Waals surface area contributed by atoms with Crippen LogP contribution in [0.15, 0.2) is 47.5 Å². The number of carbonyl (C=O) groups excluding carboxylic acids is 1. The average molecular weight is 377 g/mol. The van der Waals surface area contributed by atoms with Crippen molar-refractivity contribution in [3.8, 4) is 5.75 Å². The highest BCUT2D eigenvalue weighted by Gasteiger charge is 2.22. The van der Waals surface area contributed by atoms with Gasteiger partial charge in [-0.05, 0) is 56.7 Å². The highest BCUT2D eigenvalue weighted by atomic mass is 32.2. The van der Waals surface area contributed by atoms with Crippen molar-refractivity contribution in [2.45, 2.75) is 38.3 Å². The lowest BCUT2D eigenvalue weighted by Crippen LogP contribution is -2.44. The number of nitrogens with zero attached hydrogens (tertiary/aromatic N) is 1. The maximum absolute atomic E-state index is 12.5. The summed E-state index contributed by atoms with van der Waals surface area (Å²) in [5, 5.41) is 2.66. The van der Waals surface area contributed by atoms with Gasteiger partial charge < -0.3 is 10.1 Å². The Morgan fingerprint density at radius 2 is 2.04 bits per heavy atom. The van der Waals surface area contributed by atoms with Gasteiger partial charge in [-0.15, -0.1) is 0 Å². The van der Waals surface area contributed by atoms with Gasteiger partial charge in [-0.2, -0.15) is 4.72 Å². The van der Waals surface area contributed by atoms with Crippen LogP contribution in [-0.4, -0.2) is 32.0 Å².